The molecule has 1 aromatic heterocycles. The number of ether oxygens (including phenoxy) is 1. The Hall–Kier alpha value is -3.62. The molecule has 1 aliphatic carbocycles. The lowest BCUT2D eigenvalue weighted by Crippen LogP contribution is -2.26. The monoisotopic (exact) mass is 415 g/mol. The maximum Gasteiger partial charge on any atom is 0.573 e. The largest absolute Gasteiger partial charge is 0.573 e. The Balaban J connectivity index is 1.37. The quantitative estimate of drug-likeness (QED) is 0.648. The van der Waals surface area contributed by atoms with Gasteiger partial charge < -0.3 is 14.6 Å². The molecular formula is C21H16F3N3O3. The van der Waals surface area contributed by atoms with E-state index in [0.717, 1.165) is 22.8 Å². The summed E-state index contributed by atoms with van der Waals surface area (Å²) < 4.78 is 46.1. The maximum absolute atomic E-state index is 12.5. The molecule has 0 radical (unpaired) electrons. The van der Waals surface area contributed by atoms with E-state index in [9.17, 15) is 18.0 Å². The van der Waals surface area contributed by atoms with Crippen LogP contribution in [0.25, 0.3) is 17.0 Å². The number of alkyl halides is 3. The standard InChI is InChI=1S/C21H16F3N3O3/c1-12-17(13-6-3-2-4-7-13)18(12)20(28)25-11-16-26-19(27-30-16)14-8-5-9-15(10-14)29-21(22,23)24/h2-10,18H,11H2,1H3,(H,25,28). The van der Waals surface area contributed by atoms with Gasteiger partial charge >= 0.3 is 6.36 Å². The Bertz CT molecular complexity index is 1110. The fourth-order valence-electron chi connectivity index (χ4n) is 3.21. The molecule has 2 aromatic carbocycles. The average Bonchev–Trinajstić information content (AvgIpc) is 3.16. The van der Waals surface area contributed by atoms with Crippen LogP contribution in [-0.4, -0.2) is 22.4 Å². The van der Waals surface area contributed by atoms with Crippen LogP contribution in [0.4, 0.5) is 13.2 Å². The molecule has 0 spiro atoms. The summed E-state index contributed by atoms with van der Waals surface area (Å²) >= 11 is 0. The van der Waals surface area contributed by atoms with E-state index in [4.69, 9.17) is 4.52 Å². The van der Waals surface area contributed by atoms with Crippen LogP contribution < -0.4 is 10.1 Å². The van der Waals surface area contributed by atoms with Crippen molar-refractivity contribution in [1.29, 1.82) is 0 Å². The van der Waals surface area contributed by atoms with Crippen LogP contribution in [0.3, 0.4) is 0 Å². The summed E-state index contributed by atoms with van der Waals surface area (Å²) in [4.78, 5) is 16.6. The zero-order chi connectivity index (χ0) is 21.3. The zero-order valence-corrected chi connectivity index (χ0v) is 15.7. The minimum Gasteiger partial charge on any atom is -0.406 e. The summed E-state index contributed by atoms with van der Waals surface area (Å²) in [6.45, 7) is 1.92. The van der Waals surface area contributed by atoms with Crippen LogP contribution in [0, 0.1) is 5.92 Å². The van der Waals surface area contributed by atoms with Crippen LogP contribution in [-0.2, 0) is 11.3 Å². The summed E-state index contributed by atoms with van der Waals surface area (Å²) in [6, 6.07) is 14.9. The van der Waals surface area contributed by atoms with Gasteiger partial charge in [-0.25, -0.2) is 0 Å². The minimum absolute atomic E-state index is 0.0103. The van der Waals surface area contributed by atoms with E-state index in [2.05, 4.69) is 20.2 Å². The van der Waals surface area contributed by atoms with E-state index >= 15 is 0 Å². The van der Waals surface area contributed by atoms with Crippen LogP contribution in [0.5, 0.6) is 5.75 Å². The van der Waals surface area contributed by atoms with Gasteiger partial charge in [-0.15, -0.1) is 13.2 Å². The van der Waals surface area contributed by atoms with Crippen LogP contribution in [0.2, 0.25) is 0 Å². The van der Waals surface area contributed by atoms with E-state index in [1.165, 1.54) is 18.2 Å². The summed E-state index contributed by atoms with van der Waals surface area (Å²) in [5.41, 5.74) is 3.31. The maximum atomic E-state index is 12.5. The third-order valence-corrected chi connectivity index (χ3v) is 4.62. The van der Waals surface area contributed by atoms with Crippen molar-refractivity contribution in [3.8, 4) is 17.1 Å². The lowest BCUT2D eigenvalue weighted by atomic mass is 10.1. The molecule has 6 nitrogen and oxygen atoms in total. The molecule has 0 saturated heterocycles. The van der Waals surface area contributed by atoms with Crippen LogP contribution in [0.1, 0.15) is 18.4 Å². The molecule has 1 N–H and O–H groups in total. The highest BCUT2D eigenvalue weighted by molar-refractivity contribution is 6.05. The number of rotatable bonds is 6. The molecule has 0 aliphatic heterocycles. The molecule has 0 bridgehead atoms. The van der Waals surface area contributed by atoms with Gasteiger partial charge in [0.05, 0.1) is 12.5 Å². The van der Waals surface area contributed by atoms with Crippen molar-refractivity contribution in [3.05, 3.63) is 71.6 Å². The van der Waals surface area contributed by atoms with Crippen molar-refractivity contribution >= 4 is 11.5 Å². The molecule has 30 heavy (non-hydrogen) atoms. The SMILES string of the molecule is CC1=C(c2ccccc2)C1C(=O)NCc1nc(-c2cccc(OC(F)(F)F)c2)no1. The highest BCUT2D eigenvalue weighted by atomic mass is 19.4. The van der Waals surface area contributed by atoms with Gasteiger partial charge in [0.25, 0.3) is 0 Å². The fraction of sp³-hybridized carbons (Fsp3) is 0.190. The Kier molecular flexibility index (Phi) is 5.03. The van der Waals surface area contributed by atoms with Gasteiger partial charge in [-0.05, 0) is 30.2 Å². The minimum atomic E-state index is -4.79. The second kappa shape index (κ2) is 7.66. The van der Waals surface area contributed by atoms with E-state index in [0.29, 0.717) is 5.56 Å². The molecular weight excluding hydrogens is 399 g/mol. The smallest absolute Gasteiger partial charge is 0.406 e. The zero-order valence-electron chi connectivity index (χ0n) is 15.7. The first-order valence-electron chi connectivity index (χ1n) is 9.04. The second-order valence-electron chi connectivity index (χ2n) is 6.70. The molecule has 1 atom stereocenters. The summed E-state index contributed by atoms with van der Waals surface area (Å²) in [7, 11) is 0. The molecule has 154 valence electrons. The van der Waals surface area contributed by atoms with Crippen LogP contribution in [0.15, 0.2) is 64.7 Å². The fourth-order valence-corrected chi connectivity index (χ4v) is 3.21. The molecule has 1 unspecified atom stereocenters. The Morgan fingerprint density at radius 1 is 1.13 bits per heavy atom. The van der Waals surface area contributed by atoms with Gasteiger partial charge in [0.1, 0.15) is 5.75 Å². The van der Waals surface area contributed by atoms with Crippen molar-refractivity contribution in [3.63, 3.8) is 0 Å². The molecule has 1 heterocycles. The number of carbonyl (C=O) groups excluding carboxylic acids is 1. The number of amides is 1. The molecule has 0 saturated carbocycles. The highest BCUT2D eigenvalue weighted by Gasteiger charge is 2.39. The second-order valence-corrected chi connectivity index (χ2v) is 6.70. The van der Waals surface area contributed by atoms with Gasteiger partial charge in [0, 0.05) is 5.56 Å². The average molecular weight is 415 g/mol. The lowest BCUT2D eigenvalue weighted by molar-refractivity contribution is -0.274. The van der Waals surface area contributed by atoms with Crippen molar-refractivity contribution in [2.45, 2.75) is 19.8 Å². The summed E-state index contributed by atoms with van der Waals surface area (Å²) in [5.74, 6) is -0.612. The lowest BCUT2D eigenvalue weighted by Gasteiger charge is -2.08. The van der Waals surface area contributed by atoms with Gasteiger partial charge in [-0.3, -0.25) is 4.79 Å². The third-order valence-electron chi connectivity index (χ3n) is 4.62. The van der Waals surface area contributed by atoms with Crippen molar-refractivity contribution < 1.29 is 27.2 Å². The first kappa shape index (κ1) is 19.7. The Labute approximate surface area is 169 Å². The Morgan fingerprint density at radius 2 is 1.87 bits per heavy atom. The van der Waals surface area contributed by atoms with Gasteiger partial charge in [0.15, 0.2) is 0 Å². The summed E-state index contributed by atoms with van der Waals surface area (Å²) in [5, 5.41) is 6.50. The molecule has 4 rings (SSSR count). The third kappa shape index (κ3) is 4.35. The normalized spacial score (nSPS) is 15.8. The number of halogens is 3. The first-order chi connectivity index (χ1) is 14.3. The Morgan fingerprint density at radius 3 is 2.60 bits per heavy atom. The van der Waals surface area contributed by atoms with Gasteiger partial charge in [-0.2, -0.15) is 4.98 Å². The number of hydrogen-bond donors (Lipinski definition) is 1. The van der Waals surface area contributed by atoms with Gasteiger partial charge in [0.2, 0.25) is 17.6 Å². The van der Waals surface area contributed by atoms with Crippen molar-refractivity contribution in [2.24, 2.45) is 5.92 Å². The first-order valence-corrected chi connectivity index (χ1v) is 9.04. The van der Waals surface area contributed by atoms with Crippen LogP contribution >= 0.6 is 0 Å². The molecule has 1 amide bonds. The highest BCUT2D eigenvalue weighted by Crippen LogP contribution is 2.46. The van der Waals surface area contributed by atoms with E-state index in [1.807, 2.05) is 37.3 Å². The predicted molar refractivity (Wildman–Crippen MR) is 101 cm³/mol. The molecule has 1 aliphatic rings. The van der Waals surface area contributed by atoms with E-state index in [-0.39, 0.29) is 35.8 Å². The van der Waals surface area contributed by atoms with Gasteiger partial charge in [-0.1, -0.05) is 53.2 Å². The number of carbonyl (C=O) groups is 1. The number of aromatic nitrogens is 2. The molecule has 9 heteroatoms. The predicted octanol–water partition coefficient (Wildman–Crippen LogP) is 4.35. The van der Waals surface area contributed by atoms with E-state index < -0.39 is 6.36 Å². The number of nitrogens with one attached hydrogen (secondary N) is 1. The number of hydrogen-bond acceptors (Lipinski definition) is 5. The number of benzene rings is 2. The summed E-state index contributed by atoms with van der Waals surface area (Å²) in [6.07, 6.45) is -4.79. The topological polar surface area (TPSA) is 77.2 Å². The molecule has 0 fully saturated rings. The number of nitrogens with zero attached hydrogens (tertiary/aromatic N) is 2. The van der Waals surface area contributed by atoms with Crippen molar-refractivity contribution in [1.82, 2.24) is 15.5 Å². The van der Waals surface area contributed by atoms with E-state index in [1.54, 1.807) is 0 Å². The molecule has 3 aromatic rings. The van der Waals surface area contributed by atoms with Crippen molar-refractivity contribution in [2.75, 3.05) is 0 Å².